The van der Waals surface area contributed by atoms with Crippen LogP contribution in [0.5, 0.6) is 0 Å². The molecule has 1 aromatic carbocycles. The number of amides is 2. The minimum absolute atomic E-state index is 0.0567. The summed E-state index contributed by atoms with van der Waals surface area (Å²) in [6, 6.07) is 3.93. The summed E-state index contributed by atoms with van der Waals surface area (Å²) in [5.74, 6) is -0.224. The van der Waals surface area contributed by atoms with E-state index in [1.807, 2.05) is 0 Å². The summed E-state index contributed by atoms with van der Waals surface area (Å²) < 4.78 is 13.1. The second-order valence-electron chi connectivity index (χ2n) is 5.67. The Balaban J connectivity index is 1.80. The lowest BCUT2D eigenvalue weighted by molar-refractivity contribution is -0.125. The lowest BCUT2D eigenvalue weighted by atomic mass is 9.81. The van der Waals surface area contributed by atoms with E-state index in [9.17, 15) is 14.0 Å². The third kappa shape index (κ3) is 4.19. The highest BCUT2D eigenvalue weighted by atomic mass is 35.5. The van der Waals surface area contributed by atoms with Gasteiger partial charge in [0, 0.05) is 25.1 Å². The zero-order valence-electron chi connectivity index (χ0n) is 12.5. The monoisotopic (exact) mass is 326 g/mol. The molecule has 2 N–H and O–H groups in total. The van der Waals surface area contributed by atoms with Crippen LogP contribution >= 0.6 is 11.6 Å². The molecule has 0 aromatic heterocycles. The standard InChI is InChI=1S/C16H20ClFN2O2/c1-19-15(21)11-4-2-10(3-5-11)9-20-16(22)12-6-7-14(18)13(17)8-12/h6-8,10-11H,2-5,9H2,1H3,(H,19,21)(H,20,22). The van der Waals surface area contributed by atoms with Crippen LogP contribution in [0.1, 0.15) is 36.0 Å². The first kappa shape index (κ1) is 16.7. The molecule has 2 amide bonds. The molecule has 2 rings (SSSR count). The van der Waals surface area contributed by atoms with Crippen molar-refractivity contribution in [3.8, 4) is 0 Å². The third-order valence-electron chi connectivity index (χ3n) is 4.20. The number of carbonyl (C=O) groups excluding carboxylic acids is 2. The summed E-state index contributed by atoms with van der Waals surface area (Å²) in [5, 5.41) is 5.48. The first-order valence-corrected chi connectivity index (χ1v) is 7.84. The van der Waals surface area contributed by atoms with Crippen LogP contribution in [0, 0.1) is 17.7 Å². The molecule has 0 spiro atoms. The molecule has 1 aliphatic rings. The number of nitrogens with one attached hydrogen (secondary N) is 2. The van der Waals surface area contributed by atoms with E-state index in [4.69, 9.17) is 11.6 Å². The van der Waals surface area contributed by atoms with Crippen LogP contribution < -0.4 is 10.6 Å². The van der Waals surface area contributed by atoms with Crippen molar-refractivity contribution in [2.24, 2.45) is 11.8 Å². The van der Waals surface area contributed by atoms with Gasteiger partial charge >= 0.3 is 0 Å². The Hall–Kier alpha value is -1.62. The van der Waals surface area contributed by atoms with E-state index in [0.717, 1.165) is 25.7 Å². The molecule has 120 valence electrons. The fourth-order valence-electron chi connectivity index (χ4n) is 2.81. The highest BCUT2D eigenvalue weighted by molar-refractivity contribution is 6.31. The molecule has 0 bridgehead atoms. The van der Waals surface area contributed by atoms with Gasteiger partial charge in [-0.2, -0.15) is 0 Å². The van der Waals surface area contributed by atoms with Crippen LogP contribution in [0.4, 0.5) is 4.39 Å². The molecule has 4 nitrogen and oxygen atoms in total. The Morgan fingerprint density at radius 2 is 1.95 bits per heavy atom. The zero-order chi connectivity index (χ0) is 16.1. The normalized spacial score (nSPS) is 21.2. The maximum atomic E-state index is 13.1. The molecule has 0 unspecified atom stereocenters. The molecular formula is C16H20ClFN2O2. The Morgan fingerprint density at radius 3 is 2.55 bits per heavy atom. The summed E-state index contributed by atoms with van der Waals surface area (Å²) in [7, 11) is 1.66. The fourth-order valence-corrected chi connectivity index (χ4v) is 2.99. The fraction of sp³-hybridized carbons (Fsp3) is 0.500. The van der Waals surface area contributed by atoms with Crippen molar-refractivity contribution in [3.05, 3.63) is 34.6 Å². The lowest BCUT2D eigenvalue weighted by Gasteiger charge is -2.27. The molecular weight excluding hydrogens is 307 g/mol. The zero-order valence-corrected chi connectivity index (χ0v) is 13.3. The van der Waals surface area contributed by atoms with Gasteiger partial charge in [-0.3, -0.25) is 9.59 Å². The predicted octanol–water partition coefficient (Wildman–Crippen LogP) is 2.76. The molecule has 0 atom stereocenters. The molecule has 1 fully saturated rings. The molecule has 0 radical (unpaired) electrons. The van der Waals surface area contributed by atoms with Gasteiger partial charge in [0.1, 0.15) is 5.82 Å². The molecule has 0 heterocycles. The third-order valence-corrected chi connectivity index (χ3v) is 4.49. The molecule has 1 aromatic rings. The van der Waals surface area contributed by atoms with E-state index in [1.165, 1.54) is 18.2 Å². The van der Waals surface area contributed by atoms with Crippen molar-refractivity contribution < 1.29 is 14.0 Å². The number of benzene rings is 1. The average molecular weight is 327 g/mol. The van der Waals surface area contributed by atoms with Crippen LogP contribution in [-0.2, 0) is 4.79 Å². The number of halogens is 2. The molecule has 6 heteroatoms. The Bertz CT molecular complexity index is 557. The van der Waals surface area contributed by atoms with Crippen molar-refractivity contribution in [1.29, 1.82) is 0 Å². The Labute approximate surface area is 134 Å². The summed E-state index contributed by atoms with van der Waals surface area (Å²) >= 11 is 5.67. The lowest BCUT2D eigenvalue weighted by Crippen LogP contribution is -2.34. The van der Waals surface area contributed by atoms with E-state index in [-0.39, 0.29) is 22.8 Å². The maximum Gasteiger partial charge on any atom is 0.251 e. The molecule has 1 aliphatic carbocycles. The summed E-state index contributed by atoms with van der Waals surface area (Å²) in [6.07, 6.45) is 3.54. The van der Waals surface area contributed by atoms with Gasteiger partial charge in [0.25, 0.3) is 5.91 Å². The first-order valence-electron chi connectivity index (χ1n) is 7.46. The second-order valence-corrected chi connectivity index (χ2v) is 6.08. The van der Waals surface area contributed by atoms with Crippen molar-refractivity contribution in [1.82, 2.24) is 10.6 Å². The van der Waals surface area contributed by atoms with Crippen LogP contribution in [-0.4, -0.2) is 25.4 Å². The average Bonchev–Trinajstić information content (AvgIpc) is 2.54. The second kappa shape index (κ2) is 7.58. The van der Waals surface area contributed by atoms with Crippen molar-refractivity contribution in [2.45, 2.75) is 25.7 Å². The molecule has 0 saturated heterocycles. The van der Waals surface area contributed by atoms with Crippen molar-refractivity contribution in [2.75, 3.05) is 13.6 Å². The van der Waals surface area contributed by atoms with Gasteiger partial charge in [-0.1, -0.05) is 11.6 Å². The maximum absolute atomic E-state index is 13.1. The molecule has 0 aliphatic heterocycles. The van der Waals surface area contributed by atoms with Crippen molar-refractivity contribution >= 4 is 23.4 Å². The van der Waals surface area contributed by atoms with Crippen molar-refractivity contribution in [3.63, 3.8) is 0 Å². The minimum Gasteiger partial charge on any atom is -0.359 e. The molecule has 1 saturated carbocycles. The highest BCUT2D eigenvalue weighted by Gasteiger charge is 2.25. The largest absolute Gasteiger partial charge is 0.359 e. The van der Waals surface area contributed by atoms with Gasteiger partial charge in [-0.15, -0.1) is 0 Å². The SMILES string of the molecule is CNC(=O)C1CCC(CNC(=O)c2ccc(F)c(Cl)c2)CC1. The van der Waals surface area contributed by atoms with Gasteiger partial charge in [-0.05, 0) is 49.8 Å². The van der Waals surface area contributed by atoms with Crippen LogP contribution in [0.3, 0.4) is 0 Å². The van der Waals surface area contributed by atoms with Crippen LogP contribution in [0.2, 0.25) is 5.02 Å². The van der Waals surface area contributed by atoms with E-state index in [0.29, 0.717) is 18.0 Å². The topological polar surface area (TPSA) is 58.2 Å². The van der Waals surface area contributed by atoms with Gasteiger partial charge in [0.2, 0.25) is 5.91 Å². The smallest absolute Gasteiger partial charge is 0.251 e. The summed E-state index contributed by atoms with van der Waals surface area (Å²) in [4.78, 5) is 23.6. The number of carbonyl (C=O) groups is 2. The number of hydrogen-bond acceptors (Lipinski definition) is 2. The first-order chi connectivity index (χ1) is 10.5. The van der Waals surface area contributed by atoms with E-state index in [2.05, 4.69) is 10.6 Å². The van der Waals surface area contributed by atoms with Crippen LogP contribution in [0.25, 0.3) is 0 Å². The van der Waals surface area contributed by atoms with E-state index < -0.39 is 5.82 Å². The molecule has 22 heavy (non-hydrogen) atoms. The number of hydrogen-bond donors (Lipinski definition) is 2. The Kier molecular flexibility index (Phi) is 5.77. The Morgan fingerprint density at radius 1 is 1.27 bits per heavy atom. The van der Waals surface area contributed by atoms with E-state index >= 15 is 0 Å². The quantitative estimate of drug-likeness (QED) is 0.894. The summed E-state index contributed by atoms with van der Waals surface area (Å²) in [5.41, 5.74) is 0.352. The number of rotatable bonds is 4. The van der Waals surface area contributed by atoms with Gasteiger partial charge in [-0.25, -0.2) is 4.39 Å². The van der Waals surface area contributed by atoms with Gasteiger partial charge in [0.05, 0.1) is 5.02 Å². The summed E-state index contributed by atoms with van der Waals surface area (Å²) in [6.45, 7) is 0.564. The van der Waals surface area contributed by atoms with Gasteiger partial charge in [0.15, 0.2) is 0 Å². The highest BCUT2D eigenvalue weighted by Crippen LogP contribution is 2.28. The predicted molar refractivity (Wildman–Crippen MR) is 83.3 cm³/mol. The van der Waals surface area contributed by atoms with E-state index in [1.54, 1.807) is 7.05 Å². The van der Waals surface area contributed by atoms with Crippen LogP contribution in [0.15, 0.2) is 18.2 Å². The van der Waals surface area contributed by atoms with Gasteiger partial charge < -0.3 is 10.6 Å². The minimum atomic E-state index is -0.536.